The summed E-state index contributed by atoms with van der Waals surface area (Å²) < 4.78 is 26.5. The molecule has 0 aromatic heterocycles. The van der Waals surface area contributed by atoms with E-state index in [2.05, 4.69) is 0 Å². The molecule has 0 aliphatic heterocycles. The number of carbonyl (C=O) groups is 1. The Labute approximate surface area is 123 Å². The van der Waals surface area contributed by atoms with E-state index in [1.165, 1.54) is 0 Å². The third kappa shape index (κ3) is 3.69. The average molecular weight is 294 g/mol. The highest BCUT2D eigenvalue weighted by atomic mass is 19.3. The van der Waals surface area contributed by atoms with Crippen molar-refractivity contribution in [1.82, 2.24) is 0 Å². The Morgan fingerprint density at radius 1 is 1.38 bits per heavy atom. The Hall–Kier alpha value is -1.71. The average Bonchev–Trinajstić information content (AvgIpc) is 2.44. The first-order valence-electron chi connectivity index (χ1n) is 7.35. The van der Waals surface area contributed by atoms with Gasteiger partial charge in [-0.05, 0) is 36.3 Å². The number of allylic oxidation sites excluding steroid dienone is 1. The smallest absolute Gasteiger partial charge is 0.336 e. The van der Waals surface area contributed by atoms with Crippen LogP contribution in [0.3, 0.4) is 0 Å². The van der Waals surface area contributed by atoms with Crippen LogP contribution in [0, 0.1) is 0 Å². The number of halogens is 2. The van der Waals surface area contributed by atoms with Crippen LogP contribution in [-0.4, -0.2) is 17.0 Å². The molecule has 1 aliphatic rings. The van der Waals surface area contributed by atoms with Gasteiger partial charge in [0.15, 0.2) is 0 Å². The highest BCUT2D eigenvalue weighted by Gasteiger charge is 2.36. The van der Waals surface area contributed by atoms with Crippen molar-refractivity contribution >= 4 is 12.0 Å². The van der Waals surface area contributed by atoms with Crippen molar-refractivity contribution in [2.24, 2.45) is 0 Å². The summed E-state index contributed by atoms with van der Waals surface area (Å²) >= 11 is 0. The maximum atomic E-state index is 13.3. The SMILES string of the molecule is CC/C=C/c1cccc(C2CCC(F)(F)CC2)c1C(=O)O. The van der Waals surface area contributed by atoms with Crippen molar-refractivity contribution in [3.8, 4) is 0 Å². The molecule has 0 amide bonds. The number of rotatable bonds is 4. The molecule has 2 nitrogen and oxygen atoms in total. The van der Waals surface area contributed by atoms with E-state index in [0.29, 0.717) is 24.0 Å². The summed E-state index contributed by atoms with van der Waals surface area (Å²) in [5.41, 5.74) is 1.60. The highest BCUT2D eigenvalue weighted by molar-refractivity contribution is 5.94. The molecule has 1 aromatic carbocycles. The monoisotopic (exact) mass is 294 g/mol. The molecule has 1 fully saturated rings. The standard InChI is InChI=1S/C17H20F2O2/c1-2-3-5-13-6-4-7-14(15(13)16(20)21)12-8-10-17(18,19)11-9-12/h3-7,12H,2,8-11H2,1H3,(H,20,21)/b5-3+. The predicted molar refractivity (Wildman–Crippen MR) is 78.9 cm³/mol. The fraction of sp³-hybridized carbons (Fsp3) is 0.471. The molecule has 0 spiro atoms. The van der Waals surface area contributed by atoms with Crippen LogP contribution in [0.25, 0.3) is 6.08 Å². The molecule has 0 atom stereocenters. The van der Waals surface area contributed by atoms with E-state index in [0.717, 1.165) is 6.42 Å². The van der Waals surface area contributed by atoms with Gasteiger partial charge in [-0.25, -0.2) is 13.6 Å². The van der Waals surface area contributed by atoms with E-state index in [-0.39, 0.29) is 24.3 Å². The topological polar surface area (TPSA) is 37.3 Å². The third-order valence-corrected chi connectivity index (χ3v) is 4.03. The van der Waals surface area contributed by atoms with E-state index in [4.69, 9.17) is 0 Å². The summed E-state index contributed by atoms with van der Waals surface area (Å²) in [5, 5.41) is 9.50. The molecule has 0 heterocycles. The van der Waals surface area contributed by atoms with Crippen molar-refractivity contribution in [1.29, 1.82) is 0 Å². The second-order valence-electron chi connectivity index (χ2n) is 5.56. The molecule has 0 saturated heterocycles. The lowest BCUT2D eigenvalue weighted by atomic mass is 9.79. The van der Waals surface area contributed by atoms with Crippen LogP contribution >= 0.6 is 0 Å². The maximum absolute atomic E-state index is 13.3. The van der Waals surface area contributed by atoms with Gasteiger partial charge >= 0.3 is 5.97 Å². The summed E-state index contributed by atoms with van der Waals surface area (Å²) in [4.78, 5) is 11.6. The molecular weight excluding hydrogens is 274 g/mol. The Balaban J connectivity index is 2.35. The molecule has 0 unspecified atom stereocenters. The van der Waals surface area contributed by atoms with Crippen molar-refractivity contribution in [2.45, 2.75) is 50.9 Å². The van der Waals surface area contributed by atoms with Crippen LogP contribution in [0.4, 0.5) is 8.78 Å². The molecule has 2 rings (SSSR count). The third-order valence-electron chi connectivity index (χ3n) is 4.03. The van der Waals surface area contributed by atoms with Crippen LogP contribution in [-0.2, 0) is 0 Å². The number of hydrogen-bond donors (Lipinski definition) is 1. The van der Waals surface area contributed by atoms with E-state index >= 15 is 0 Å². The summed E-state index contributed by atoms with van der Waals surface area (Å²) in [5.74, 6) is -3.68. The maximum Gasteiger partial charge on any atom is 0.336 e. The van der Waals surface area contributed by atoms with Gasteiger partial charge in [0.05, 0.1) is 5.56 Å². The van der Waals surface area contributed by atoms with Gasteiger partial charge < -0.3 is 5.11 Å². The van der Waals surface area contributed by atoms with Gasteiger partial charge in [0.25, 0.3) is 0 Å². The summed E-state index contributed by atoms with van der Waals surface area (Å²) in [6.45, 7) is 1.98. The van der Waals surface area contributed by atoms with Gasteiger partial charge in [-0.15, -0.1) is 0 Å². The lowest BCUT2D eigenvalue weighted by Crippen LogP contribution is -2.24. The molecule has 1 aliphatic carbocycles. The van der Waals surface area contributed by atoms with Crippen LogP contribution < -0.4 is 0 Å². The van der Waals surface area contributed by atoms with Gasteiger partial charge in [0.2, 0.25) is 5.92 Å². The molecule has 21 heavy (non-hydrogen) atoms. The zero-order valence-corrected chi connectivity index (χ0v) is 12.1. The van der Waals surface area contributed by atoms with Gasteiger partial charge in [-0.3, -0.25) is 0 Å². The number of hydrogen-bond acceptors (Lipinski definition) is 1. The second-order valence-corrected chi connectivity index (χ2v) is 5.56. The normalized spacial score (nSPS) is 19.0. The quantitative estimate of drug-likeness (QED) is 0.838. The number of alkyl halides is 2. The molecule has 0 bridgehead atoms. The predicted octanol–water partition coefficient (Wildman–Crippen LogP) is 5.10. The first-order valence-corrected chi connectivity index (χ1v) is 7.35. The van der Waals surface area contributed by atoms with E-state index in [1.54, 1.807) is 18.2 Å². The van der Waals surface area contributed by atoms with Crippen LogP contribution in [0.2, 0.25) is 0 Å². The number of aromatic carboxylic acids is 1. The van der Waals surface area contributed by atoms with Crippen molar-refractivity contribution in [3.05, 3.63) is 41.0 Å². The molecule has 4 heteroatoms. The Bertz CT molecular complexity index is 540. The molecule has 114 valence electrons. The van der Waals surface area contributed by atoms with E-state index in [9.17, 15) is 18.7 Å². The molecule has 1 N–H and O–H groups in total. The minimum Gasteiger partial charge on any atom is -0.478 e. The molecule has 1 saturated carbocycles. The molecule has 1 aromatic rings. The van der Waals surface area contributed by atoms with Crippen LogP contribution in [0.1, 0.15) is 66.4 Å². The Morgan fingerprint density at radius 3 is 2.62 bits per heavy atom. The zero-order valence-electron chi connectivity index (χ0n) is 12.1. The van der Waals surface area contributed by atoms with Gasteiger partial charge in [0.1, 0.15) is 0 Å². The zero-order chi connectivity index (χ0) is 15.5. The van der Waals surface area contributed by atoms with Gasteiger partial charge in [-0.1, -0.05) is 37.3 Å². The fourth-order valence-electron chi connectivity index (χ4n) is 2.91. The number of carboxylic acids is 1. The van der Waals surface area contributed by atoms with Crippen LogP contribution in [0.5, 0.6) is 0 Å². The Morgan fingerprint density at radius 2 is 2.05 bits per heavy atom. The van der Waals surface area contributed by atoms with E-state index in [1.807, 2.05) is 19.1 Å². The summed E-state index contributed by atoms with van der Waals surface area (Å²) in [7, 11) is 0. The van der Waals surface area contributed by atoms with E-state index < -0.39 is 11.9 Å². The number of benzene rings is 1. The van der Waals surface area contributed by atoms with Crippen molar-refractivity contribution in [3.63, 3.8) is 0 Å². The molecular formula is C17H20F2O2. The van der Waals surface area contributed by atoms with Crippen molar-refractivity contribution < 1.29 is 18.7 Å². The minimum absolute atomic E-state index is 0.0919. The highest BCUT2D eigenvalue weighted by Crippen LogP contribution is 2.42. The lowest BCUT2D eigenvalue weighted by Gasteiger charge is -2.29. The Kier molecular flexibility index (Phi) is 4.76. The largest absolute Gasteiger partial charge is 0.478 e. The van der Waals surface area contributed by atoms with Crippen LogP contribution in [0.15, 0.2) is 24.3 Å². The lowest BCUT2D eigenvalue weighted by molar-refractivity contribution is -0.0382. The summed E-state index contributed by atoms with van der Waals surface area (Å²) in [6, 6.07) is 5.33. The number of carboxylic acid groups (broad SMARTS) is 1. The minimum atomic E-state index is -2.60. The molecule has 0 radical (unpaired) electrons. The fourth-order valence-corrected chi connectivity index (χ4v) is 2.91. The first-order chi connectivity index (χ1) is 9.94. The van der Waals surface area contributed by atoms with Gasteiger partial charge in [0, 0.05) is 12.8 Å². The second kappa shape index (κ2) is 6.37. The van der Waals surface area contributed by atoms with Crippen molar-refractivity contribution in [2.75, 3.05) is 0 Å². The summed E-state index contributed by atoms with van der Waals surface area (Å²) in [6.07, 6.45) is 4.88. The van der Waals surface area contributed by atoms with Gasteiger partial charge in [-0.2, -0.15) is 0 Å². The first kappa shape index (κ1) is 15.7.